The SMILES string of the molecule is CCCCC(=O)OCC(=O)N(CC)CC(=O)Nc1cc(Cl)ccc1C. The third-order valence-corrected chi connectivity index (χ3v) is 3.87. The van der Waals surface area contributed by atoms with Gasteiger partial charge in [-0.2, -0.15) is 0 Å². The Morgan fingerprint density at radius 3 is 2.60 bits per heavy atom. The molecule has 0 saturated heterocycles. The van der Waals surface area contributed by atoms with Gasteiger partial charge in [0.1, 0.15) is 0 Å². The fourth-order valence-electron chi connectivity index (χ4n) is 2.10. The van der Waals surface area contributed by atoms with Gasteiger partial charge < -0.3 is 15.0 Å². The molecule has 0 radical (unpaired) electrons. The zero-order valence-corrected chi connectivity index (χ0v) is 15.7. The number of rotatable bonds is 9. The second-order valence-corrected chi connectivity index (χ2v) is 6.12. The number of anilines is 1. The van der Waals surface area contributed by atoms with Gasteiger partial charge in [0.25, 0.3) is 5.91 Å². The van der Waals surface area contributed by atoms with E-state index in [1.807, 2.05) is 13.8 Å². The summed E-state index contributed by atoms with van der Waals surface area (Å²) in [4.78, 5) is 37.1. The first kappa shape index (κ1) is 21.0. The van der Waals surface area contributed by atoms with E-state index in [0.29, 0.717) is 23.7 Å². The van der Waals surface area contributed by atoms with E-state index in [1.54, 1.807) is 25.1 Å². The quantitative estimate of drug-likeness (QED) is 0.679. The Morgan fingerprint density at radius 2 is 1.96 bits per heavy atom. The molecule has 0 bridgehead atoms. The Bertz CT molecular complexity index is 619. The molecule has 0 saturated carbocycles. The number of carbonyl (C=O) groups is 3. The number of nitrogens with zero attached hydrogens (tertiary/aromatic N) is 1. The molecular formula is C18H25ClN2O4. The van der Waals surface area contributed by atoms with E-state index in [2.05, 4.69) is 5.32 Å². The summed E-state index contributed by atoms with van der Waals surface area (Å²) in [6.45, 7) is 5.46. The summed E-state index contributed by atoms with van der Waals surface area (Å²) in [5.74, 6) is -1.13. The van der Waals surface area contributed by atoms with Gasteiger partial charge in [-0.15, -0.1) is 0 Å². The maximum Gasteiger partial charge on any atom is 0.306 e. The van der Waals surface area contributed by atoms with Crippen LogP contribution in [0.25, 0.3) is 0 Å². The molecule has 0 spiro atoms. The molecule has 0 aromatic heterocycles. The van der Waals surface area contributed by atoms with Crippen molar-refractivity contribution in [3.05, 3.63) is 28.8 Å². The van der Waals surface area contributed by atoms with Gasteiger partial charge in [0.05, 0.1) is 6.54 Å². The van der Waals surface area contributed by atoms with E-state index >= 15 is 0 Å². The molecule has 1 N–H and O–H groups in total. The number of carbonyl (C=O) groups excluding carboxylic acids is 3. The molecule has 2 amide bonds. The number of likely N-dealkylation sites (N-methyl/N-ethyl adjacent to an activating group) is 1. The molecule has 0 heterocycles. The summed E-state index contributed by atoms with van der Waals surface area (Å²) in [6.07, 6.45) is 1.91. The van der Waals surface area contributed by atoms with Gasteiger partial charge in [-0.1, -0.05) is 31.0 Å². The van der Waals surface area contributed by atoms with Crippen molar-refractivity contribution >= 4 is 35.1 Å². The number of amides is 2. The highest BCUT2D eigenvalue weighted by molar-refractivity contribution is 6.31. The number of hydrogen-bond donors (Lipinski definition) is 1. The number of unbranched alkanes of at least 4 members (excludes halogenated alkanes) is 1. The molecule has 1 rings (SSSR count). The summed E-state index contributed by atoms with van der Waals surface area (Å²) in [5.41, 5.74) is 1.48. The Hall–Kier alpha value is -2.08. The molecule has 0 aliphatic carbocycles. The average molecular weight is 369 g/mol. The van der Waals surface area contributed by atoms with E-state index in [9.17, 15) is 14.4 Å². The van der Waals surface area contributed by atoms with Gasteiger partial charge in [-0.05, 0) is 38.0 Å². The molecule has 0 aliphatic rings. The average Bonchev–Trinajstić information content (AvgIpc) is 2.58. The molecule has 0 atom stereocenters. The predicted octanol–water partition coefficient (Wildman–Crippen LogP) is 3.17. The van der Waals surface area contributed by atoms with Crippen molar-refractivity contribution < 1.29 is 19.1 Å². The second-order valence-electron chi connectivity index (χ2n) is 5.68. The molecule has 25 heavy (non-hydrogen) atoms. The minimum Gasteiger partial charge on any atom is -0.456 e. The van der Waals surface area contributed by atoms with Gasteiger partial charge >= 0.3 is 5.97 Å². The lowest BCUT2D eigenvalue weighted by Gasteiger charge is -2.20. The van der Waals surface area contributed by atoms with Crippen molar-refractivity contribution in [1.29, 1.82) is 0 Å². The molecule has 0 unspecified atom stereocenters. The van der Waals surface area contributed by atoms with Crippen LogP contribution in [-0.2, 0) is 19.1 Å². The number of aryl methyl sites for hydroxylation is 1. The maximum absolute atomic E-state index is 12.2. The van der Waals surface area contributed by atoms with Gasteiger partial charge in [-0.25, -0.2) is 0 Å². The molecule has 1 aromatic rings. The fourth-order valence-corrected chi connectivity index (χ4v) is 2.27. The molecule has 6 nitrogen and oxygen atoms in total. The molecule has 0 fully saturated rings. The molecule has 1 aromatic carbocycles. The van der Waals surface area contributed by atoms with E-state index in [0.717, 1.165) is 18.4 Å². The molecule has 7 heteroatoms. The van der Waals surface area contributed by atoms with Crippen molar-refractivity contribution in [1.82, 2.24) is 4.90 Å². The number of esters is 1. The highest BCUT2D eigenvalue weighted by Gasteiger charge is 2.17. The summed E-state index contributed by atoms with van der Waals surface area (Å²) < 4.78 is 4.94. The molecule has 0 aliphatic heterocycles. The van der Waals surface area contributed by atoms with Crippen molar-refractivity contribution in [3.63, 3.8) is 0 Å². The minimum absolute atomic E-state index is 0.117. The van der Waals surface area contributed by atoms with Crippen molar-refractivity contribution in [3.8, 4) is 0 Å². The lowest BCUT2D eigenvalue weighted by atomic mass is 10.2. The second kappa shape index (κ2) is 10.7. The summed E-state index contributed by atoms with van der Waals surface area (Å²) >= 11 is 5.93. The van der Waals surface area contributed by atoms with Crippen LogP contribution in [0.2, 0.25) is 5.02 Å². The van der Waals surface area contributed by atoms with Crippen LogP contribution in [0.1, 0.15) is 38.7 Å². The monoisotopic (exact) mass is 368 g/mol. The zero-order valence-electron chi connectivity index (χ0n) is 14.9. The maximum atomic E-state index is 12.2. The largest absolute Gasteiger partial charge is 0.456 e. The van der Waals surface area contributed by atoms with Gasteiger partial charge in [0, 0.05) is 23.7 Å². The van der Waals surface area contributed by atoms with Crippen LogP contribution < -0.4 is 5.32 Å². The van der Waals surface area contributed by atoms with Gasteiger partial charge in [-0.3, -0.25) is 14.4 Å². The van der Waals surface area contributed by atoms with Crippen LogP contribution in [0.5, 0.6) is 0 Å². The first-order chi connectivity index (χ1) is 11.9. The molecule has 138 valence electrons. The Morgan fingerprint density at radius 1 is 1.24 bits per heavy atom. The van der Waals surface area contributed by atoms with E-state index in [4.69, 9.17) is 16.3 Å². The normalized spacial score (nSPS) is 10.2. The summed E-state index contributed by atoms with van der Waals surface area (Å²) in [5, 5.41) is 3.26. The minimum atomic E-state index is -0.398. The van der Waals surface area contributed by atoms with Crippen molar-refractivity contribution in [2.45, 2.75) is 40.0 Å². The van der Waals surface area contributed by atoms with Crippen LogP contribution in [0.3, 0.4) is 0 Å². The third-order valence-electron chi connectivity index (χ3n) is 3.63. The van der Waals surface area contributed by atoms with Crippen LogP contribution in [0.15, 0.2) is 18.2 Å². The lowest BCUT2D eigenvalue weighted by molar-refractivity contribution is -0.152. The molecular weight excluding hydrogens is 344 g/mol. The highest BCUT2D eigenvalue weighted by Crippen LogP contribution is 2.20. The Balaban J connectivity index is 2.53. The topological polar surface area (TPSA) is 75.7 Å². The van der Waals surface area contributed by atoms with Gasteiger partial charge in [0.15, 0.2) is 6.61 Å². The number of benzene rings is 1. The van der Waals surface area contributed by atoms with Crippen LogP contribution in [-0.4, -0.2) is 42.4 Å². The Kier molecular flexibility index (Phi) is 8.99. The highest BCUT2D eigenvalue weighted by atomic mass is 35.5. The van der Waals surface area contributed by atoms with Crippen molar-refractivity contribution in [2.24, 2.45) is 0 Å². The van der Waals surface area contributed by atoms with Crippen LogP contribution in [0.4, 0.5) is 5.69 Å². The van der Waals surface area contributed by atoms with Gasteiger partial charge in [0.2, 0.25) is 5.91 Å². The lowest BCUT2D eigenvalue weighted by Crippen LogP contribution is -2.40. The summed E-state index contributed by atoms with van der Waals surface area (Å²) in [6, 6.07) is 5.19. The van der Waals surface area contributed by atoms with E-state index in [-0.39, 0.29) is 19.1 Å². The van der Waals surface area contributed by atoms with E-state index in [1.165, 1.54) is 4.90 Å². The number of hydrogen-bond acceptors (Lipinski definition) is 4. The standard InChI is InChI=1S/C18H25ClN2O4/c1-4-6-7-18(24)25-12-17(23)21(5-2)11-16(22)20-15-10-14(19)9-8-13(15)3/h8-10H,4-7,11-12H2,1-3H3,(H,20,22). The third kappa shape index (κ3) is 7.56. The van der Waals surface area contributed by atoms with Crippen molar-refractivity contribution in [2.75, 3.05) is 25.0 Å². The smallest absolute Gasteiger partial charge is 0.306 e. The van der Waals surface area contributed by atoms with Crippen LogP contribution >= 0.6 is 11.6 Å². The number of ether oxygens (including phenoxy) is 1. The fraction of sp³-hybridized carbons (Fsp3) is 0.500. The Labute approximate surface area is 153 Å². The zero-order chi connectivity index (χ0) is 18.8. The number of nitrogens with one attached hydrogen (secondary N) is 1. The summed E-state index contributed by atoms with van der Waals surface area (Å²) in [7, 11) is 0. The number of halogens is 1. The first-order valence-electron chi connectivity index (χ1n) is 8.36. The predicted molar refractivity (Wildman–Crippen MR) is 97.6 cm³/mol. The van der Waals surface area contributed by atoms with Crippen LogP contribution in [0, 0.1) is 6.92 Å². The van der Waals surface area contributed by atoms with E-state index < -0.39 is 11.9 Å². The first-order valence-corrected chi connectivity index (χ1v) is 8.74.